The monoisotopic (exact) mass is 496 g/mol. The third-order valence-corrected chi connectivity index (χ3v) is 6.78. The highest BCUT2D eigenvalue weighted by molar-refractivity contribution is 9.10. The number of halogens is 1. The predicted octanol–water partition coefficient (Wildman–Crippen LogP) is 0.806. The van der Waals surface area contributed by atoms with Crippen molar-refractivity contribution in [2.24, 2.45) is 16.7 Å². The number of benzene rings is 2. The fourth-order valence-corrected chi connectivity index (χ4v) is 4.71. The number of sulfonamides is 1. The summed E-state index contributed by atoms with van der Waals surface area (Å²) in [6, 6.07) is 10.9. The molecule has 0 saturated carbocycles. The van der Waals surface area contributed by atoms with Gasteiger partial charge in [0.15, 0.2) is 5.84 Å². The molecule has 160 valence electrons. The van der Waals surface area contributed by atoms with Crippen LogP contribution in [0.15, 0.2) is 56.9 Å². The molecule has 2 aromatic rings. The number of ether oxygens (including phenoxy) is 1. The molecule has 3 rings (SSSR count). The standard InChI is InChI=1S/C18H21BrN6O4S/c19-13-4-5-16(15(11-13)17(20)23-24-21)22-18(26)12-2-1-3-14(10-12)30(27,28)25-6-8-29-9-7-25/h1-5,10-11,24H,6-9,21H2,(H2,20,23)(H,22,26). The second-order valence-corrected chi connectivity index (χ2v) is 9.17. The van der Waals surface area contributed by atoms with Gasteiger partial charge in [0.05, 0.1) is 23.8 Å². The minimum Gasteiger partial charge on any atom is -0.382 e. The van der Waals surface area contributed by atoms with E-state index in [0.29, 0.717) is 24.5 Å². The molecule has 1 amide bonds. The molecule has 1 aliphatic heterocycles. The van der Waals surface area contributed by atoms with Crippen molar-refractivity contribution in [3.05, 3.63) is 58.1 Å². The Morgan fingerprint density at radius 1 is 1.17 bits per heavy atom. The van der Waals surface area contributed by atoms with Gasteiger partial charge >= 0.3 is 0 Å². The van der Waals surface area contributed by atoms with Gasteiger partial charge in [-0.25, -0.2) is 19.8 Å². The second-order valence-electron chi connectivity index (χ2n) is 6.31. The zero-order valence-corrected chi connectivity index (χ0v) is 18.2. The smallest absolute Gasteiger partial charge is 0.255 e. The Morgan fingerprint density at radius 3 is 2.60 bits per heavy atom. The van der Waals surface area contributed by atoms with Crippen LogP contribution in [0.1, 0.15) is 15.9 Å². The van der Waals surface area contributed by atoms with Gasteiger partial charge in [0.25, 0.3) is 5.91 Å². The van der Waals surface area contributed by atoms with Crippen LogP contribution < -0.4 is 22.4 Å². The zero-order valence-electron chi connectivity index (χ0n) is 15.8. The number of nitrogens with zero attached hydrogens (tertiary/aromatic N) is 2. The molecule has 30 heavy (non-hydrogen) atoms. The second kappa shape index (κ2) is 9.53. The van der Waals surface area contributed by atoms with E-state index in [1.165, 1.54) is 28.6 Å². The quantitative estimate of drug-likeness (QED) is 0.199. The summed E-state index contributed by atoms with van der Waals surface area (Å²) in [5.74, 6) is 4.75. The molecule has 1 aliphatic rings. The SMILES string of the molecule is NN/N=C(\N)c1cc(Br)ccc1NC(=O)c1cccc(S(=O)(=O)N2CCOCC2)c1. The molecule has 12 heteroatoms. The fraction of sp³-hybridized carbons (Fsp3) is 0.222. The lowest BCUT2D eigenvalue weighted by molar-refractivity contribution is 0.0730. The molecule has 0 aromatic heterocycles. The summed E-state index contributed by atoms with van der Waals surface area (Å²) in [5.41, 5.74) is 9.01. The molecule has 10 nitrogen and oxygen atoms in total. The molecule has 6 N–H and O–H groups in total. The average molecular weight is 497 g/mol. The average Bonchev–Trinajstić information content (AvgIpc) is 2.75. The van der Waals surface area contributed by atoms with E-state index in [1.807, 2.05) is 0 Å². The van der Waals surface area contributed by atoms with Crippen LogP contribution in [0.4, 0.5) is 5.69 Å². The van der Waals surface area contributed by atoms with Crippen molar-refractivity contribution in [3.8, 4) is 0 Å². The normalized spacial score (nSPS) is 15.6. The summed E-state index contributed by atoms with van der Waals surface area (Å²) >= 11 is 3.34. The van der Waals surface area contributed by atoms with Crippen molar-refractivity contribution in [2.75, 3.05) is 31.6 Å². The number of anilines is 1. The Bertz CT molecular complexity index is 1070. The van der Waals surface area contributed by atoms with Crippen molar-refractivity contribution >= 4 is 43.4 Å². The van der Waals surface area contributed by atoms with E-state index in [4.69, 9.17) is 16.3 Å². The van der Waals surface area contributed by atoms with Crippen LogP contribution >= 0.6 is 15.9 Å². The lowest BCUT2D eigenvalue weighted by atomic mass is 10.1. The molecule has 1 saturated heterocycles. The molecule has 1 heterocycles. The number of hydrazine groups is 1. The van der Waals surface area contributed by atoms with E-state index in [9.17, 15) is 13.2 Å². The molecule has 0 spiro atoms. The highest BCUT2D eigenvalue weighted by Gasteiger charge is 2.27. The van der Waals surface area contributed by atoms with Crippen molar-refractivity contribution < 1.29 is 17.9 Å². The first-order valence-electron chi connectivity index (χ1n) is 8.91. The lowest BCUT2D eigenvalue weighted by Gasteiger charge is -2.26. The van der Waals surface area contributed by atoms with E-state index in [1.54, 1.807) is 18.2 Å². The number of nitrogens with two attached hydrogens (primary N) is 2. The maximum atomic E-state index is 12.9. The number of hydrazone groups is 1. The fourth-order valence-electron chi connectivity index (χ4n) is 2.90. The van der Waals surface area contributed by atoms with Gasteiger partial charge in [-0.2, -0.15) is 4.31 Å². The molecular weight excluding hydrogens is 476 g/mol. The Labute approximate surface area is 182 Å². The van der Waals surface area contributed by atoms with Gasteiger partial charge in [-0.15, -0.1) is 5.10 Å². The Hall–Kier alpha value is -2.51. The van der Waals surface area contributed by atoms with Crippen molar-refractivity contribution in [1.82, 2.24) is 9.84 Å². The van der Waals surface area contributed by atoms with E-state index in [2.05, 4.69) is 31.9 Å². The summed E-state index contributed by atoms with van der Waals surface area (Å²) in [6.07, 6.45) is 0. The van der Waals surface area contributed by atoms with E-state index in [0.717, 1.165) is 4.47 Å². The van der Waals surface area contributed by atoms with Crippen LogP contribution in [-0.4, -0.2) is 50.8 Å². The third kappa shape index (κ3) is 4.96. The van der Waals surface area contributed by atoms with E-state index < -0.39 is 15.9 Å². The molecule has 1 fully saturated rings. The Morgan fingerprint density at radius 2 is 1.90 bits per heavy atom. The summed E-state index contributed by atoms with van der Waals surface area (Å²) in [6.45, 7) is 1.22. The summed E-state index contributed by atoms with van der Waals surface area (Å²) in [7, 11) is -3.72. The molecule has 0 bridgehead atoms. The van der Waals surface area contributed by atoms with Crippen LogP contribution in [-0.2, 0) is 14.8 Å². The number of carbonyl (C=O) groups is 1. The maximum Gasteiger partial charge on any atom is 0.255 e. The molecule has 0 unspecified atom stereocenters. The largest absolute Gasteiger partial charge is 0.382 e. The van der Waals surface area contributed by atoms with Crippen LogP contribution in [0, 0.1) is 0 Å². The minimum absolute atomic E-state index is 0.0430. The number of hydrogen-bond donors (Lipinski definition) is 4. The van der Waals surface area contributed by atoms with Crippen LogP contribution in [0.2, 0.25) is 0 Å². The number of nitrogens with one attached hydrogen (secondary N) is 2. The zero-order chi connectivity index (χ0) is 21.7. The van der Waals surface area contributed by atoms with Gasteiger partial charge in [-0.3, -0.25) is 4.79 Å². The van der Waals surface area contributed by atoms with Gasteiger partial charge in [0, 0.05) is 28.7 Å². The van der Waals surface area contributed by atoms with Crippen LogP contribution in [0.5, 0.6) is 0 Å². The number of rotatable bonds is 6. The highest BCUT2D eigenvalue weighted by Crippen LogP contribution is 2.23. The summed E-state index contributed by atoms with van der Waals surface area (Å²) in [4.78, 5) is 12.9. The van der Waals surface area contributed by atoms with Gasteiger partial charge in [-0.1, -0.05) is 22.0 Å². The number of amides is 1. The lowest BCUT2D eigenvalue weighted by Crippen LogP contribution is -2.40. The summed E-state index contributed by atoms with van der Waals surface area (Å²) in [5, 5.41) is 6.46. The first kappa shape index (κ1) is 22.2. The van der Waals surface area contributed by atoms with Gasteiger partial charge < -0.3 is 15.8 Å². The molecule has 0 aliphatic carbocycles. The van der Waals surface area contributed by atoms with Crippen LogP contribution in [0.25, 0.3) is 0 Å². The van der Waals surface area contributed by atoms with Crippen molar-refractivity contribution in [1.29, 1.82) is 0 Å². The van der Waals surface area contributed by atoms with E-state index in [-0.39, 0.29) is 29.4 Å². The minimum atomic E-state index is -3.72. The first-order valence-corrected chi connectivity index (χ1v) is 11.1. The third-order valence-electron chi connectivity index (χ3n) is 4.39. The maximum absolute atomic E-state index is 12.9. The van der Waals surface area contributed by atoms with E-state index >= 15 is 0 Å². The Balaban J connectivity index is 1.87. The van der Waals surface area contributed by atoms with Gasteiger partial charge in [0.2, 0.25) is 10.0 Å². The molecule has 2 aromatic carbocycles. The number of amidine groups is 1. The molecule has 0 atom stereocenters. The van der Waals surface area contributed by atoms with Gasteiger partial charge in [0.1, 0.15) is 0 Å². The van der Waals surface area contributed by atoms with Gasteiger partial charge in [-0.05, 0) is 36.4 Å². The molecular formula is C18H21BrN6O4S. The van der Waals surface area contributed by atoms with Crippen LogP contribution in [0.3, 0.4) is 0 Å². The number of hydrogen-bond acceptors (Lipinski definition) is 7. The highest BCUT2D eigenvalue weighted by atomic mass is 79.9. The van der Waals surface area contributed by atoms with Crippen molar-refractivity contribution in [2.45, 2.75) is 4.90 Å². The Kier molecular flexibility index (Phi) is 7.05. The predicted molar refractivity (Wildman–Crippen MR) is 116 cm³/mol. The number of morpholine rings is 1. The molecule has 0 radical (unpaired) electrons. The van der Waals surface area contributed by atoms with Crippen molar-refractivity contribution in [3.63, 3.8) is 0 Å². The number of carbonyl (C=O) groups excluding carboxylic acids is 1. The first-order chi connectivity index (χ1) is 14.3. The topological polar surface area (TPSA) is 152 Å². The summed E-state index contributed by atoms with van der Waals surface area (Å²) < 4.78 is 33.0.